The highest BCUT2D eigenvalue weighted by atomic mass is 19.3. The van der Waals surface area contributed by atoms with Crippen molar-refractivity contribution in [2.45, 2.75) is 52.1 Å². The summed E-state index contributed by atoms with van der Waals surface area (Å²) in [5, 5.41) is 13.2. The Morgan fingerprint density at radius 1 is 1.14 bits per heavy atom. The maximum absolute atomic E-state index is 13.1. The standard InChI is InChI=1S/C28H28F2N4O2/c1-16-5-3-8-21(13-16)23-14-22-24(34(23)15-18-9-11-20(12-10-18)25(29)30)26(33-27(32-22)28(35)36)31-17(2)19-6-4-7-19/h3,5,8-14,17,19,25H,4,6-7,15H2,1-2H3,(H,35,36)(H,31,32,33)/t17-/m1/s1. The second-order valence-electron chi connectivity index (χ2n) is 9.59. The number of fused-ring (bicyclic) bond motifs is 1. The van der Waals surface area contributed by atoms with Crippen molar-refractivity contribution >= 4 is 22.8 Å². The number of carbonyl (C=O) groups is 1. The maximum atomic E-state index is 13.1. The number of carboxylic acid groups (broad SMARTS) is 1. The molecule has 4 aromatic rings. The minimum atomic E-state index is -2.53. The molecule has 1 atom stereocenters. The first-order valence-corrected chi connectivity index (χ1v) is 12.2. The lowest BCUT2D eigenvalue weighted by molar-refractivity contribution is 0.0684. The van der Waals surface area contributed by atoms with E-state index in [9.17, 15) is 18.7 Å². The second kappa shape index (κ2) is 9.68. The van der Waals surface area contributed by atoms with E-state index in [0.29, 0.717) is 29.3 Å². The molecule has 0 amide bonds. The van der Waals surface area contributed by atoms with Crippen LogP contribution in [0.1, 0.15) is 59.9 Å². The predicted molar refractivity (Wildman–Crippen MR) is 136 cm³/mol. The number of carboxylic acids is 1. The van der Waals surface area contributed by atoms with Crippen molar-refractivity contribution in [2.75, 3.05) is 5.32 Å². The van der Waals surface area contributed by atoms with Crippen molar-refractivity contribution in [3.63, 3.8) is 0 Å². The van der Waals surface area contributed by atoms with Crippen LogP contribution in [0.15, 0.2) is 54.6 Å². The Bertz CT molecular complexity index is 1410. The molecule has 5 rings (SSSR count). The number of nitrogens with zero attached hydrogens (tertiary/aromatic N) is 3. The van der Waals surface area contributed by atoms with Crippen LogP contribution in [0, 0.1) is 12.8 Å². The summed E-state index contributed by atoms with van der Waals surface area (Å²) in [5.41, 5.74) is 4.91. The molecule has 186 valence electrons. The summed E-state index contributed by atoms with van der Waals surface area (Å²) in [6, 6.07) is 16.3. The number of hydrogen-bond acceptors (Lipinski definition) is 4. The van der Waals surface area contributed by atoms with Crippen LogP contribution in [0.2, 0.25) is 0 Å². The Morgan fingerprint density at radius 3 is 2.50 bits per heavy atom. The van der Waals surface area contributed by atoms with Crippen LogP contribution in [0.4, 0.5) is 14.6 Å². The smallest absolute Gasteiger partial charge is 0.374 e. The zero-order valence-electron chi connectivity index (χ0n) is 20.2. The van der Waals surface area contributed by atoms with E-state index in [2.05, 4.69) is 28.3 Å². The van der Waals surface area contributed by atoms with Gasteiger partial charge in [-0.15, -0.1) is 0 Å². The summed E-state index contributed by atoms with van der Waals surface area (Å²) >= 11 is 0. The molecule has 1 aliphatic rings. The number of alkyl halides is 2. The highest BCUT2D eigenvalue weighted by Crippen LogP contribution is 2.35. The number of rotatable bonds is 8. The first-order valence-electron chi connectivity index (χ1n) is 12.2. The lowest BCUT2D eigenvalue weighted by Crippen LogP contribution is -2.31. The Hall–Kier alpha value is -3.81. The summed E-state index contributed by atoms with van der Waals surface area (Å²) < 4.78 is 28.3. The molecule has 0 spiro atoms. The van der Waals surface area contributed by atoms with E-state index in [-0.39, 0.29) is 17.4 Å². The molecule has 0 unspecified atom stereocenters. The predicted octanol–water partition coefficient (Wildman–Crippen LogP) is 6.69. The Morgan fingerprint density at radius 2 is 1.89 bits per heavy atom. The molecule has 2 heterocycles. The van der Waals surface area contributed by atoms with E-state index in [0.717, 1.165) is 35.2 Å². The van der Waals surface area contributed by atoms with Gasteiger partial charge in [0, 0.05) is 18.2 Å². The molecule has 1 fully saturated rings. The Balaban J connectivity index is 1.68. The van der Waals surface area contributed by atoms with E-state index < -0.39 is 12.4 Å². The van der Waals surface area contributed by atoms with Gasteiger partial charge in [0.05, 0.1) is 11.2 Å². The zero-order chi connectivity index (χ0) is 25.4. The van der Waals surface area contributed by atoms with Gasteiger partial charge in [-0.3, -0.25) is 0 Å². The average Bonchev–Trinajstić information content (AvgIpc) is 3.16. The van der Waals surface area contributed by atoms with Gasteiger partial charge in [-0.1, -0.05) is 54.4 Å². The molecule has 0 bridgehead atoms. The molecule has 1 saturated carbocycles. The highest BCUT2D eigenvalue weighted by molar-refractivity contribution is 5.95. The van der Waals surface area contributed by atoms with Crippen LogP contribution in [0.3, 0.4) is 0 Å². The summed E-state index contributed by atoms with van der Waals surface area (Å²) in [6.07, 6.45) is 0.917. The van der Waals surface area contributed by atoms with Crippen molar-refractivity contribution in [1.29, 1.82) is 0 Å². The summed E-state index contributed by atoms with van der Waals surface area (Å²) in [5.74, 6) is -0.478. The topological polar surface area (TPSA) is 80.0 Å². The number of aromatic nitrogens is 3. The molecular formula is C28H28F2N4O2. The minimum Gasteiger partial charge on any atom is -0.475 e. The molecule has 6 nitrogen and oxygen atoms in total. The Labute approximate surface area is 208 Å². The van der Waals surface area contributed by atoms with Crippen LogP contribution in [-0.4, -0.2) is 31.7 Å². The molecule has 0 radical (unpaired) electrons. The van der Waals surface area contributed by atoms with Gasteiger partial charge in [-0.05, 0) is 55.9 Å². The number of aryl methyl sites for hydroxylation is 1. The van der Waals surface area contributed by atoms with Crippen molar-refractivity contribution in [2.24, 2.45) is 5.92 Å². The van der Waals surface area contributed by atoms with E-state index in [4.69, 9.17) is 0 Å². The monoisotopic (exact) mass is 490 g/mol. The lowest BCUT2D eigenvalue weighted by Gasteiger charge is -2.32. The van der Waals surface area contributed by atoms with Crippen LogP contribution in [0.5, 0.6) is 0 Å². The summed E-state index contributed by atoms with van der Waals surface area (Å²) in [4.78, 5) is 20.6. The quantitative estimate of drug-likeness (QED) is 0.288. The third-order valence-electron chi connectivity index (χ3n) is 7.04. The van der Waals surface area contributed by atoms with Gasteiger partial charge in [0.25, 0.3) is 6.43 Å². The van der Waals surface area contributed by atoms with E-state index >= 15 is 0 Å². The van der Waals surface area contributed by atoms with Crippen LogP contribution < -0.4 is 5.32 Å². The van der Waals surface area contributed by atoms with Crippen LogP contribution >= 0.6 is 0 Å². The highest BCUT2D eigenvalue weighted by Gasteiger charge is 2.27. The first-order chi connectivity index (χ1) is 17.3. The number of benzene rings is 2. The molecule has 8 heteroatoms. The van der Waals surface area contributed by atoms with Crippen molar-refractivity contribution in [1.82, 2.24) is 14.5 Å². The van der Waals surface area contributed by atoms with Gasteiger partial charge in [0.15, 0.2) is 5.82 Å². The fraction of sp³-hybridized carbons (Fsp3) is 0.321. The van der Waals surface area contributed by atoms with Gasteiger partial charge < -0.3 is 15.0 Å². The maximum Gasteiger partial charge on any atom is 0.374 e. The van der Waals surface area contributed by atoms with Crippen molar-refractivity contribution < 1.29 is 18.7 Å². The minimum absolute atomic E-state index is 0.0267. The number of hydrogen-bond donors (Lipinski definition) is 2. The number of anilines is 1. The summed E-state index contributed by atoms with van der Waals surface area (Å²) in [6.45, 7) is 4.49. The molecule has 2 aromatic carbocycles. The molecular weight excluding hydrogens is 462 g/mol. The van der Waals surface area contributed by atoms with Gasteiger partial charge in [-0.25, -0.2) is 23.5 Å². The lowest BCUT2D eigenvalue weighted by atomic mass is 9.80. The summed E-state index contributed by atoms with van der Waals surface area (Å²) in [7, 11) is 0. The Kier molecular flexibility index (Phi) is 6.43. The van der Waals surface area contributed by atoms with Crippen molar-refractivity contribution in [3.05, 3.63) is 77.1 Å². The van der Waals surface area contributed by atoms with Gasteiger partial charge >= 0.3 is 5.97 Å². The zero-order valence-corrected chi connectivity index (χ0v) is 20.2. The SMILES string of the molecule is Cc1cccc(-c2cc3nc(C(=O)O)nc(N[C@H](C)C4CCC4)c3n2Cc2ccc(C(F)F)cc2)c1. The van der Waals surface area contributed by atoms with E-state index in [1.165, 1.54) is 18.6 Å². The molecule has 36 heavy (non-hydrogen) atoms. The van der Waals surface area contributed by atoms with E-state index in [1.807, 2.05) is 35.8 Å². The number of nitrogens with one attached hydrogen (secondary N) is 1. The molecule has 1 aliphatic carbocycles. The first kappa shape index (κ1) is 23.9. The average molecular weight is 491 g/mol. The fourth-order valence-electron chi connectivity index (χ4n) is 4.80. The van der Waals surface area contributed by atoms with Crippen LogP contribution in [0.25, 0.3) is 22.3 Å². The van der Waals surface area contributed by atoms with Gasteiger partial charge in [0.2, 0.25) is 5.82 Å². The van der Waals surface area contributed by atoms with Gasteiger partial charge in [-0.2, -0.15) is 0 Å². The van der Waals surface area contributed by atoms with E-state index in [1.54, 1.807) is 12.1 Å². The number of halogens is 2. The van der Waals surface area contributed by atoms with Crippen LogP contribution in [-0.2, 0) is 6.54 Å². The molecule has 0 aliphatic heterocycles. The largest absolute Gasteiger partial charge is 0.475 e. The number of aromatic carboxylic acids is 1. The second-order valence-corrected chi connectivity index (χ2v) is 9.59. The third-order valence-corrected chi connectivity index (χ3v) is 7.04. The third kappa shape index (κ3) is 4.67. The fourth-order valence-corrected chi connectivity index (χ4v) is 4.80. The molecule has 0 saturated heterocycles. The van der Waals surface area contributed by atoms with Gasteiger partial charge in [0.1, 0.15) is 5.52 Å². The molecule has 2 aromatic heterocycles. The van der Waals surface area contributed by atoms with Crippen molar-refractivity contribution in [3.8, 4) is 11.3 Å². The normalized spacial score (nSPS) is 14.7. The molecule has 2 N–H and O–H groups in total.